The minimum atomic E-state index is 0.283. The summed E-state index contributed by atoms with van der Waals surface area (Å²) in [5.74, 6) is 1.09. The third-order valence-corrected chi connectivity index (χ3v) is 4.78. The summed E-state index contributed by atoms with van der Waals surface area (Å²) >= 11 is 0. The molecule has 4 nitrogen and oxygen atoms in total. The maximum Gasteiger partial charge on any atom is 0.223 e. The van der Waals surface area contributed by atoms with Gasteiger partial charge in [0, 0.05) is 24.9 Å². The summed E-state index contributed by atoms with van der Waals surface area (Å²) in [5, 5.41) is 3.38. The van der Waals surface area contributed by atoms with Crippen LogP contribution in [0.5, 0.6) is 0 Å². The van der Waals surface area contributed by atoms with Crippen molar-refractivity contribution in [2.45, 2.75) is 44.6 Å². The number of carbonyl (C=O) groups excluding carboxylic acids is 1. The Labute approximate surface area is 120 Å². The fraction of sp³-hybridized carbons (Fsp3) is 0.688. The van der Waals surface area contributed by atoms with Crippen LogP contribution in [-0.4, -0.2) is 35.4 Å². The van der Waals surface area contributed by atoms with Gasteiger partial charge in [-0.15, -0.1) is 0 Å². The minimum absolute atomic E-state index is 0.283. The van der Waals surface area contributed by atoms with Crippen LogP contribution in [0.2, 0.25) is 0 Å². The van der Waals surface area contributed by atoms with Crippen LogP contribution in [0.4, 0.5) is 0 Å². The fourth-order valence-electron chi connectivity index (χ4n) is 3.58. The van der Waals surface area contributed by atoms with Gasteiger partial charge in [0.25, 0.3) is 0 Å². The number of hydrogen-bond donors (Lipinski definition) is 2. The van der Waals surface area contributed by atoms with E-state index in [2.05, 4.69) is 21.3 Å². The minimum Gasteiger partial charge on any atom is -0.363 e. The molecule has 1 amide bonds. The lowest BCUT2D eigenvalue weighted by molar-refractivity contribution is -0.132. The molecule has 1 aromatic rings. The first kappa shape index (κ1) is 13.7. The Bertz CT molecular complexity index is 423. The Morgan fingerprint density at radius 3 is 2.90 bits per heavy atom. The maximum atomic E-state index is 12.5. The van der Waals surface area contributed by atoms with E-state index in [1.165, 1.54) is 18.5 Å². The number of hydrogen-bond acceptors (Lipinski definition) is 2. The zero-order chi connectivity index (χ0) is 13.8. The van der Waals surface area contributed by atoms with Gasteiger partial charge in [-0.3, -0.25) is 4.79 Å². The molecule has 110 valence electrons. The van der Waals surface area contributed by atoms with E-state index in [0.29, 0.717) is 5.91 Å². The highest BCUT2D eigenvalue weighted by molar-refractivity contribution is 5.77. The maximum absolute atomic E-state index is 12.5. The molecule has 20 heavy (non-hydrogen) atoms. The zero-order valence-corrected chi connectivity index (χ0v) is 12.1. The van der Waals surface area contributed by atoms with Crippen molar-refractivity contribution < 1.29 is 4.79 Å². The molecule has 1 aromatic heterocycles. The third kappa shape index (κ3) is 3.06. The summed E-state index contributed by atoms with van der Waals surface area (Å²) in [5.41, 5.74) is 1.19. The largest absolute Gasteiger partial charge is 0.363 e. The Morgan fingerprint density at radius 2 is 2.15 bits per heavy atom. The monoisotopic (exact) mass is 275 g/mol. The Hall–Kier alpha value is -1.29. The first-order valence-electron chi connectivity index (χ1n) is 7.98. The molecule has 2 fully saturated rings. The molecular formula is C16H25N3O. The molecule has 0 radical (unpaired) electrons. The van der Waals surface area contributed by atoms with Crippen LogP contribution in [0, 0.1) is 5.92 Å². The van der Waals surface area contributed by atoms with Crippen molar-refractivity contribution in [3.05, 3.63) is 24.0 Å². The third-order valence-electron chi connectivity index (χ3n) is 4.78. The van der Waals surface area contributed by atoms with Crippen LogP contribution in [0.15, 0.2) is 18.3 Å². The van der Waals surface area contributed by atoms with Crippen molar-refractivity contribution in [3.8, 4) is 0 Å². The summed E-state index contributed by atoms with van der Waals surface area (Å²) < 4.78 is 0. The quantitative estimate of drug-likeness (QED) is 0.887. The van der Waals surface area contributed by atoms with Crippen molar-refractivity contribution >= 4 is 5.91 Å². The van der Waals surface area contributed by atoms with Crippen LogP contribution in [-0.2, 0) is 4.79 Å². The van der Waals surface area contributed by atoms with E-state index >= 15 is 0 Å². The smallest absolute Gasteiger partial charge is 0.223 e. The summed E-state index contributed by atoms with van der Waals surface area (Å²) in [4.78, 5) is 17.8. The van der Waals surface area contributed by atoms with Crippen molar-refractivity contribution in [1.82, 2.24) is 15.2 Å². The second-order valence-electron chi connectivity index (χ2n) is 6.10. The van der Waals surface area contributed by atoms with Gasteiger partial charge in [0.15, 0.2) is 0 Å². The van der Waals surface area contributed by atoms with Gasteiger partial charge in [-0.2, -0.15) is 0 Å². The van der Waals surface area contributed by atoms with Gasteiger partial charge in [0.05, 0.1) is 6.04 Å². The van der Waals surface area contributed by atoms with Crippen molar-refractivity contribution in [2.24, 2.45) is 5.92 Å². The number of aromatic nitrogens is 1. The first-order chi connectivity index (χ1) is 9.84. The average molecular weight is 275 g/mol. The van der Waals surface area contributed by atoms with E-state index in [4.69, 9.17) is 0 Å². The highest BCUT2D eigenvalue weighted by Crippen LogP contribution is 2.32. The van der Waals surface area contributed by atoms with Crippen molar-refractivity contribution in [1.29, 1.82) is 0 Å². The number of aromatic amines is 1. The highest BCUT2D eigenvalue weighted by atomic mass is 16.2. The molecule has 1 unspecified atom stereocenters. The lowest BCUT2D eigenvalue weighted by Crippen LogP contribution is -2.32. The molecule has 0 spiro atoms. The standard InChI is InChI=1S/C16H25N3O/c20-16(6-5-13-7-10-17-11-8-13)19-12-2-4-15(19)14-3-1-9-18-14/h1,3,9,13,15,17-18H,2,4-8,10-12H2. The molecule has 3 rings (SSSR count). The van der Waals surface area contributed by atoms with E-state index in [1.54, 1.807) is 0 Å². The van der Waals surface area contributed by atoms with E-state index in [1.807, 2.05) is 12.3 Å². The molecule has 0 aliphatic carbocycles. The van der Waals surface area contributed by atoms with E-state index in [-0.39, 0.29) is 6.04 Å². The molecule has 2 aliphatic rings. The first-order valence-corrected chi connectivity index (χ1v) is 7.98. The number of H-pyrrole nitrogens is 1. The molecular weight excluding hydrogens is 250 g/mol. The van der Waals surface area contributed by atoms with Gasteiger partial charge in [0.2, 0.25) is 5.91 Å². The van der Waals surface area contributed by atoms with Gasteiger partial charge in [0.1, 0.15) is 0 Å². The molecule has 2 saturated heterocycles. The van der Waals surface area contributed by atoms with Crippen molar-refractivity contribution in [3.63, 3.8) is 0 Å². The topological polar surface area (TPSA) is 48.1 Å². The molecule has 0 aromatic carbocycles. The molecule has 2 N–H and O–H groups in total. The number of rotatable bonds is 4. The summed E-state index contributed by atoms with van der Waals surface area (Å²) in [6.45, 7) is 3.16. The molecule has 3 heterocycles. The molecule has 0 bridgehead atoms. The number of piperidine rings is 1. The van der Waals surface area contributed by atoms with Crippen LogP contribution in [0.3, 0.4) is 0 Å². The van der Waals surface area contributed by atoms with E-state index in [9.17, 15) is 4.79 Å². The van der Waals surface area contributed by atoms with Crippen molar-refractivity contribution in [2.75, 3.05) is 19.6 Å². The number of amides is 1. The lowest BCUT2D eigenvalue weighted by atomic mass is 9.93. The predicted molar refractivity (Wildman–Crippen MR) is 79.3 cm³/mol. The molecule has 0 saturated carbocycles. The molecule has 4 heteroatoms. The zero-order valence-electron chi connectivity index (χ0n) is 12.1. The van der Waals surface area contributed by atoms with Gasteiger partial charge in [-0.1, -0.05) is 0 Å². The highest BCUT2D eigenvalue weighted by Gasteiger charge is 2.30. The SMILES string of the molecule is O=C(CCC1CCNCC1)N1CCCC1c1ccc[nH]1. The van der Waals surface area contributed by atoms with Crippen LogP contribution in [0.25, 0.3) is 0 Å². The Kier molecular flexibility index (Phi) is 4.41. The second-order valence-corrected chi connectivity index (χ2v) is 6.10. The van der Waals surface area contributed by atoms with Gasteiger partial charge < -0.3 is 15.2 Å². The summed E-state index contributed by atoms with van der Waals surface area (Å²) in [6, 6.07) is 4.40. The Morgan fingerprint density at radius 1 is 1.30 bits per heavy atom. The van der Waals surface area contributed by atoms with Crippen LogP contribution >= 0.6 is 0 Å². The Balaban J connectivity index is 1.53. The number of carbonyl (C=O) groups is 1. The second kappa shape index (κ2) is 6.44. The van der Waals surface area contributed by atoms with Crippen LogP contribution in [0.1, 0.15) is 50.3 Å². The van der Waals surface area contributed by atoms with E-state index in [0.717, 1.165) is 51.2 Å². The normalized spacial score (nSPS) is 24.2. The van der Waals surface area contributed by atoms with Crippen LogP contribution < -0.4 is 5.32 Å². The summed E-state index contributed by atoms with van der Waals surface area (Å²) in [6.07, 6.45) is 8.42. The predicted octanol–water partition coefficient (Wildman–Crippen LogP) is 2.46. The molecule has 1 atom stereocenters. The van der Waals surface area contributed by atoms with Gasteiger partial charge in [-0.05, 0) is 63.2 Å². The number of nitrogens with one attached hydrogen (secondary N) is 2. The lowest BCUT2D eigenvalue weighted by Gasteiger charge is -2.26. The number of nitrogens with zero attached hydrogens (tertiary/aromatic N) is 1. The van der Waals surface area contributed by atoms with E-state index < -0.39 is 0 Å². The average Bonchev–Trinajstić information content (AvgIpc) is 3.15. The van der Waals surface area contributed by atoms with Gasteiger partial charge in [-0.25, -0.2) is 0 Å². The fourth-order valence-corrected chi connectivity index (χ4v) is 3.58. The molecule has 2 aliphatic heterocycles. The van der Waals surface area contributed by atoms with Gasteiger partial charge >= 0.3 is 0 Å². The summed E-state index contributed by atoms with van der Waals surface area (Å²) in [7, 11) is 0. The number of likely N-dealkylation sites (tertiary alicyclic amines) is 1.